The van der Waals surface area contributed by atoms with Crippen LogP contribution in [-0.4, -0.2) is 18.1 Å². The Labute approximate surface area is 189 Å². The molecule has 1 aromatic heterocycles. The minimum atomic E-state index is -0.449. The van der Waals surface area contributed by atoms with Crippen LogP contribution in [0.25, 0.3) is 22.1 Å². The van der Waals surface area contributed by atoms with Gasteiger partial charge in [0.1, 0.15) is 11.3 Å². The fraction of sp³-hybridized carbons (Fsp3) is 0.0800. The van der Waals surface area contributed by atoms with Gasteiger partial charge in [0.05, 0.1) is 18.4 Å². The van der Waals surface area contributed by atoms with Crippen molar-refractivity contribution < 1.29 is 13.9 Å². The number of rotatable bonds is 4. The molecule has 0 aliphatic rings. The van der Waals surface area contributed by atoms with Gasteiger partial charge in [-0.05, 0) is 60.6 Å². The summed E-state index contributed by atoms with van der Waals surface area (Å²) in [6.07, 6.45) is 0. The van der Waals surface area contributed by atoms with E-state index < -0.39 is 5.63 Å². The number of hydrogen-bond acceptors (Lipinski definition) is 5. The van der Waals surface area contributed by atoms with E-state index in [-0.39, 0.29) is 11.0 Å². The minimum Gasteiger partial charge on any atom is -0.495 e. The predicted octanol–water partition coefficient (Wildman–Crippen LogP) is 4.90. The average molecular weight is 445 g/mol. The van der Waals surface area contributed by atoms with Gasteiger partial charge < -0.3 is 14.5 Å². The number of ether oxygens (including phenoxy) is 1. The van der Waals surface area contributed by atoms with Crippen molar-refractivity contribution in [3.05, 3.63) is 94.3 Å². The van der Waals surface area contributed by atoms with Crippen LogP contribution in [0.15, 0.2) is 82.0 Å². The summed E-state index contributed by atoms with van der Waals surface area (Å²) in [4.78, 5) is 25.1. The van der Waals surface area contributed by atoms with Crippen molar-refractivity contribution in [2.24, 2.45) is 0 Å². The first kappa shape index (κ1) is 21.3. The van der Waals surface area contributed by atoms with Gasteiger partial charge in [0, 0.05) is 10.9 Å². The van der Waals surface area contributed by atoms with Gasteiger partial charge in [-0.1, -0.05) is 42.5 Å². The van der Waals surface area contributed by atoms with Crippen molar-refractivity contribution >= 4 is 39.9 Å². The standard InChI is InChI=1S/C25H20N2O4S/c1-15-7-3-5-9-18(15)23(28)27-25(32)26-20-14-16(11-12-22(20)30-2)19-13-17-8-4-6-10-21(17)31-24(19)29/h3-14H,1-2H3,(H2,26,27,28,32). The molecule has 0 saturated heterocycles. The normalized spacial score (nSPS) is 10.6. The van der Waals surface area contributed by atoms with Gasteiger partial charge in [0.15, 0.2) is 5.11 Å². The first-order chi connectivity index (χ1) is 15.5. The summed E-state index contributed by atoms with van der Waals surface area (Å²) in [5.74, 6) is 0.192. The van der Waals surface area contributed by atoms with Crippen LogP contribution in [0.4, 0.5) is 5.69 Å². The zero-order valence-electron chi connectivity index (χ0n) is 17.5. The number of thiocarbonyl (C=S) groups is 1. The van der Waals surface area contributed by atoms with Crippen LogP contribution in [0, 0.1) is 6.92 Å². The van der Waals surface area contributed by atoms with Gasteiger partial charge in [-0.3, -0.25) is 10.1 Å². The maximum Gasteiger partial charge on any atom is 0.344 e. The van der Waals surface area contributed by atoms with E-state index in [0.29, 0.717) is 33.7 Å². The third-order valence-corrected chi connectivity index (χ3v) is 5.22. The van der Waals surface area contributed by atoms with Crippen LogP contribution in [-0.2, 0) is 0 Å². The molecule has 0 atom stereocenters. The highest BCUT2D eigenvalue weighted by Crippen LogP contribution is 2.30. The molecular weight excluding hydrogens is 424 g/mol. The van der Waals surface area contributed by atoms with Crippen LogP contribution < -0.4 is 21.0 Å². The first-order valence-corrected chi connectivity index (χ1v) is 10.3. The summed E-state index contributed by atoms with van der Waals surface area (Å²) in [6.45, 7) is 1.85. The SMILES string of the molecule is COc1ccc(-c2cc3ccccc3oc2=O)cc1NC(=S)NC(=O)c1ccccc1C. The fourth-order valence-electron chi connectivity index (χ4n) is 3.39. The predicted molar refractivity (Wildman–Crippen MR) is 129 cm³/mol. The van der Waals surface area contributed by atoms with Gasteiger partial charge in [0.25, 0.3) is 5.91 Å². The van der Waals surface area contributed by atoms with Gasteiger partial charge >= 0.3 is 5.63 Å². The second-order valence-electron chi connectivity index (χ2n) is 7.12. The highest BCUT2D eigenvalue weighted by molar-refractivity contribution is 7.80. The van der Waals surface area contributed by atoms with Gasteiger partial charge in [0.2, 0.25) is 0 Å². The van der Waals surface area contributed by atoms with Gasteiger partial charge in [-0.15, -0.1) is 0 Å². The summed E-state index contributed by atoms with van der Waals surface area (Å²) < 4.78 is 10.9. The summed E-state index contributed by atoms with van der Waals surface area (Å²) >= 11 is 5.33. The molecule has 0 bridgehead atoms. The van der Waals surface area contributed by atoms with E-state index in [4.69, 9.17) is 21.4 Å². The molecule has 1 amide bonds. The van der Waals surface area contributed by atoms with Crippen LogP contribution in [0.2, 0.25) is 0 Å². The van der Waals surface area contributed by atoms with E-state index in [9.17, 15) is 9.59 Å². The number of methoxy groups -OCH3 is 1. The second-order valence-corrected chi connectivity index (χ2v) is 7.53. The number of aryl methyl sites for hydroxylation is 1. The van der Waals surface area contributed by atoms with Crippen LogP contribution >= 0.6 is 12.2 Å². The van der Waals surface area contributed by atoms with E-state index in [1.807, 2.05) is 37.3 Å². The number of benzene rings is 3. The van der Waals surface area contributed by atoms with Crippen LogP contribution in [0.1, 0.15) is 15.9 Å². The van der Waals surface area contributed by atoms with Gasteiger partial charge in [-0.25, -0.2) is 4.79 Å². The molecule has 2 N–H and O–H groups in total. The number of hydrogen-bond donors (Lipinski definition) is 2. The molecule has 0 aliphatic heterocycles. The largest absolute Gasteiger partial charge is 0.495 e. The number of carbonyl (C=O) groups is 1. The van der Waals surface area contributed by atoms with Crippen molar-refractivity contribution in [3.63, 3.8) is 0 Å². The zero-order chi connectivity index (χ0) is 22.7. The fourth-order valence-corrected chi connectivity index (χ4v) is 3.59. The molecule has 160 valence electrons. The maximum absolute atomic E-state index is 12.6. The molecule has 6 nitrogen and oxygen atoms in total. The van der Waals surface area contributed by atoms with E-state index >= 15 is 0 Å². The van der Waals surface area contributed by atoms with Crippen molar-refractivity contribution in [1.82, 2.24) is 5.32 Å². The second kappa shape index (κ2) is 9.03. The van der Waals surface area contributed by atoms with Crippen molar-refractivity contribution in [2.75, 3.05) is 12.4 Å². The lowest BCUT2D eigenvalue weighted by Gasteiger charge is -2.15. The van der Waals surface area contributed by atoms with Crippen molar-refractivity contribution in [1.29, 1.82) is 0 Å². The highest BCUT2D eigenvalue weighted by Gasteiger charge is 2.14. The number of carbonyl (C=O) groups excluding carboxylic acids is 1. The van der Waals surface area contributed by atoms with E-state index in [2.05, 4.69) is 10.6 Å². The minimum absolute atomic E-state index is 0.110. The zero-order valence-corrected chi connectivity index (χ0v) is 18.3. The molecule has 0 saturated carbocycles. The summed E-state index contributed by atoms with van der Waals surface area (Å²) in [7, 11) is 1.53. The average Bonchev–Trinajstić information content (AvgIpc) is 2.78. The Hall–Kier alpha value is -3.97. The molecular formula is C25H20N2O4S. The summed E-state index contributed by atoms with van der Waals surface area (Å²) in [5, 5.41) is 6.59. The quantitative estimate of drug-likeness (QED) is 0.344. The molecule has 0 radical (unpaired) electrons. The third kappa shape index (κ3) is 4.38. The highest BCUT2D eigenvalue weighted by atomic mass is 32.1. The molecule has 0 fully saturated rings. The van der Waals surface area contributed by atoms with E-state index in [1.165, 1.54) is 7.11 Å². The molecule has 4 rings (SSSR count). The van der Waals surface area contributed by atoms with Gasteiger partial charge in [-0.2, -0.15) is 0 Å². The molecule has 3 aromatic carbocycles. The molecule has 0 unspecified atom stereocenters. The Morgan fingerprint density at radius 2 is 1.75 bits per heavy atom. The van der Waals surface area contributed by atoms with Crippen LogP contribution in [0.3, 0.4) is 0 Å². The lowest BCUT2D eigenvalue weighted by molar-refractivity contribution is 0.0977. The van der Waals surface area contributed by atoms with Crippen LogP contribution in [0.5, 0.6) is 5.75 Å². The van der Waals surface area contributed by atoms with E-state index in [1.54, 1.807) is 42.5 Å². The molecule has 1 heterocycles. The topological polar surface area (TPSA) is 80.6 Å². The Kier molecular flexibility index (Phi) is 6.00. The maximum atomic E-state index is 12.6. The molecule has 7 heteroatoms. The molecule has 0 spiro atoms. The summed E-state index contributed by atoms with van der Waals surface area (Å²) in [5.41, 5.74) is 2.99. The monoisotopic (exact) mass is 444 g/mol. The number of nitrogens with one attached hydrogen (secondary N) is 2. The number of para-hydroxylation sites is 1. The molecule has 32 heavy (non-hydrogen) atoms. The number of anilines is 1. The summed E-state index contributed by atoms with van der Waals surface area (Å²) in [6, 6.07) is 21.5. The Balaban J connectivity index is 1.62. The van der Waals surface area contributed by atoms with Crippen molar-refractivity contribution in [3.8, 4) is 16.9 Å². The lowest BCUT2D eigenvalue weighted by Crippen LogP contribution is -2.34. The third-order valence-electron chi connectivity index (χ3n) is 5.02. The smallest absolute Gasteiger partial charge is 0.344 e. The first-order valence-electron chi connectivity index (χ1n) is 9.85. The molecule has 4 aromatic rings. The Bertz CT molecular complexity index is 1390. The Morgan fingerprint density at radius 3 is 2.53 bits per heavy atom. The molecule has 0 aliphatic carbocycles. The number of fused-ring (bicyclic) bond motifs is 1. The Morgan fingerprint density at radius 1 is 1.00 bits per heavy atom. The lowest BCUT2D eigenvalue weighted by atomic mass is 10.0. The van der Waals surface area contributed by atoms with Crippen molar-refractivity contribution in [2.45, 2.75) is 6.92 Å². The van der Waals surface area contributed by atoms with E-state index in [0.717, 1.165) is 10.9 Å². The number of amides is 1.